The van der Waals surface area contributed by atoms with Crippen molar-refractivity contribution in [3.63, 3.8) is 0 Å². The number of methoxy groups -OCH3 is 1. The van der Waals surface area contributed by atoms with Crippen LogP contribution in [0.4, 0.5) is 0 Å². The summed E-state index contributed by atoms with van der Waals surface area (Å²) in [6.07, 6.45) is 2.40. The largest absolute Gasteiger partial charge is 0.493 e. The van der Waals surface area contributed by atoms with E-state index in [0.29, 0.717) is 48.3 Å². The van der Waals surface area contributed by atoms with Crippen molar-refractivity contribution in [1.82, 2.24) is 0 Å². The molecule has 2 N–H and O–H groups in total. The van der Waals surface area contributed by atoms with Crippen molar-refractivity contribution in [2.45, 2.75) is 25.5 Å². The summed E-state index contributed by atoms with van der Waals surface area (Å²) in [6.45, 7) is 2.50. The van der Waals surface area contributed by atoms with Crippen LogP contribution in [0.15, 0.2) is 58.7 Å². The molecule has 2 aromatic carbocycles. The zero-order valence-corrected chi connectivity index (χ0v) is 18.1. The van der Waals surface area contributed by atoms with Gasteiger partial charge in [0.15, 0.2) is 16.7 Å². The van der Waals surface area contributed by atoms with Gasteiger partial charge in [0.05, 0.1) is 26.5 Å². The van der Waals surface area contributed by atoms with Crippen molar-refractivity contribution in [2.24, 2.45) is 15.9 Å². The maximum Gasteiger partial charge on any atom is 0.305 e. The number of para-hydroxylation sites is 1. The first-order chi connectivity index (χ1) is 14.6. The maximum atomic E-state index is 11.4. The van der Waals surface area contributed by atoms with Crippen LogP contribution in [-0.4, -0.2) is 37.7 Å². The molecule has 0 aliphatic heterocycles. The normalized spacial score (nSPS) is 11.5. The molecule has 0 heterocycles. The molecule has 0 spiro atoms. The molecule has 0 aliphatic rings. The predicted molar refractivity (Wildman–Crippen MR) is 121 cm³/mol. The summed E-state index contributed by atoms with van der Waals surface area (Å²) in [5.74, 6) is 1.60. The van der Waals surface area contributed by atoms with E-state index < -0.39 is 0 Å². The molecule has 0 bridgehead atoms. The minimum absolute atomic E-state index is 0.235. The number of hydrogen-bond acceptors (Lipinski definition) is 7. The van der Waals surface area contributed by atoms with Gasteiger partial charge in [0.25, 0.3) is 0 Å². The fourth-order valence-electron chi connectivity index (χ4n) is 2.48. The molecule has 0 amide bonds. The Kier molecular flexibility index (Phi) is 10.3. The Labute approximate surface area is 181 Å². The lowest BCUT2D eigenvalue weighted by Crippen LogP contribution is -2.08. The van der Waals surface area contributed by atoms with Gasteiger partial charge < -0.3 is 19.9 Å². The van der Waals surface area contributed by atoms with Gasteiger partial charge in [0.1, 0.15) is 0 Å². The van der Waals surface area contributed by atoms with Gasteiger partial charge >= 0.3 is 5.97 Å². The number of carbonyl (C=O) groups is 1. The molecule has 0 fully saturated rings. The Hall–Kier alpha value is -3.00. The second kappa shape index (κ2) is 13.3. The lowest BCUT2D eigenvalue weighted by Gasteiger charge is -2.12. The second-order valence-corrected chi connectivity index (χ2v) is 7.09. The summed E-state index contributed by atoms with van der Waals surface area (Å²) in [5, 5.41) is 8.49. The van der Waals surface area contributed by atoms with Crippen molar-refractivity contribution < 1.29 is 19.0 Å². The SMILES string of the molecule is CCOC(=O)CCCOc1c(C=NN=C(N)SCc2ccccc2)cccc1OC. The first-order valence-corrected chi connectivity index (χ1v) is 10.6. The molecule has 0 atom stereocenters. The molecule has 7 nitrogen and oxygen atoms in total. The molecule has 0 aliphatic carbocycles. The van der Waals surface area contributed by atoms with Gasteiger partial charge in [0.2, 0.25) is 0 Å². The van der Waals surface area contributed by atoms with Crippen LogP contribution >= 0.6 is 11.8 Å². The third kappa shape index (κ3) is 8.16. The van der Waals surface area contributed by atoms with Crippen LogP contribution in [0.25, 0.3) is 0 Å². The van der Waals surface area contributed by atoms with E-state index in [9.17, 15) is 4.79 Å². The van der Waals surface area contributed by atoms with Crippen LogP contribution in [0.1, 0.15) is 30.9 Å². The Bertz CT molecular complexity index is 857. The standard InChI is InChI=1S/C22H27N3O4S/c1-3-28-20(26)13-8-14-29-21-18(11-7-12-19(21)27-2)15-24-25-22(23)30-16-17-9-5-4-6-10-17/h4-7,9-12,15H,3,8,13-14,16H2,1-2H3,(H2,23,25). The van der Waals surface area contributed by atoms with Gasteiger partial charge in [0, 0.05) is 17.7 Å². The van der Waals surface area contributed by atoms with Crippen molar-refractivity contribution in [1.29, 1.82) is 0 Å². The third-order valence-corrected chi connectivity index (χ3v) is 4.74. The summed E-state index contributed by atoms with van der Waals surface area (Å²) in [7, 11) is 1.57. The van der Waals surface area contributed by atoms with Gasteiger partial charge in [-0.1, -0.05) is 48.2 Å². The van der Waals surface area contributed by atoms with Crippen molar-refractivity contribution in [3.05, 3.63) is 59.7 Å². The minimum atomic E-state index is -0.235. The van der Waals surface area contributed by atoms with Gasteiger partial charge in [-0.05, 0) is 31.0 Å². The second-order valence-electron chi connectivity index (χ2n) is 6.09. The molecule has 0 saturated heterocycles. The fraction of sp³-hybridized carbons (Fsp3) is 0.318. The van der Waals surface area contributed by atoms with Crippen LogP contribution in [-0.2, 0) is 15.3 Å². The predicted octanol–water partition coefficient (Wildman–Crippen LogP) is 4.00. The maximum absolute atomic E-state index is 11.4. The highest BCUT2D eigenvalue weighted by molar-refractivity contribution is 8.13. The Morgan fingerprint density at radius 3 is 2.70 bits per heavy atom. The minimum Gasteiger partial charge on any atom is -0.493 e. The van der Waals surface area contributed by atoms with E-state index in [4.69, 9.17) is 19.9 Å². The number of nitrogens with two attached hydrogens (primary N) is 1. The lowest BCUT2D eigenvalue weighted by atomic mass is 10.2. The summed E-state index contributed by atoms with van der Waals surface area (Å²) >= 11 is 1.41. The quantitative estimate of drug-likeness (QED) is 0.191. The third-order valence-electron chi connectivity index (χ3n) is 3.89. The zero-order chi connectivity index (χ0) is 21.6. The average Bonchev–Trinajstić information content (AvgIpc) is 2.76. The summed E-state index contributed by atoms with van der Waals surface area (Å²) in [5.41, 5.74) is 7.80. The van der Waals surface area contributed by atoms with E-state index >= 15 is 0 Å². The zero-order valence-electron chi connectivity index (χ0n) is 17.2. The molecule has 0 saturated carbocycles. The number of nitrogens with zero attached hydrogens (tertiary/aromatic N) is 2. The first kappa shape index (κ1) is 23.3. The summed E-state index contributed by atoms with van der Waals surface area (Å²) in [4.78, 5) is 11.4. The highest BCUT2D eigenvalue weighted by Crippen LogP contribution is 2.30. The highest BCUT2D eigenvalue weighted by atomic mass is 32.2. The highest BCUT2D eigenvalue weighted by Gasteiger charge is 2.10. The lowest BCUT2D eigenvalue weighted by molar-refractivity contribution is -0.143. The smallest absolute Gasteiger partial charge is 0.305 e. The van der Waals surface area contributed by atoms with E-state index in [1.807, 2.05) is 42.5 Å². The van der Waals surface area contributed by atoms with Gasteiger partial charge in [-0.3, -0.25) is 4.79 Å². The molecule has 0 radical (unpaired) electrons. The number of benzene rings is 2. The summed E-state index contributed by atoms with van der Waals surface area (Å²) in [6, 6.07) is 15.5. The van der Waals surface area contributed by atoms with E-state index in [1.54, 1.807) is 26.3 Å². The van der Waals surface area contributed by atoms with Crippen LogP contribution in [0, 0.1) is 0 Å². The number of esters is 1. The van der Waals surface area contributed by atoms with Crippen LogP contribution in [0.5, 0.6) is 11.5 Å². The Balaban J connectivity index is 1.95. The van der Waals surface area contributed by atoms with E-state index in [1.165, 1.54) is 11.8 Å². The van der Waals surface area contributed by atoms with E-state index in [2.05, 4.69) is 10.2 Å². The van der Waals surface area contributed by atoms with Crippen molar-refractivity contribution >= 4 is 29.1 Å². The molecular formula is C22H27N3O4S. The first-order valence-electron chi connectivity index (χ1n) is 9.62. The number of rotatable bonds is 11. The number of ether oxygens (including phenoxy) is 3. The van der Waals surface area contributed by atoms with Gasteiger partial charge in [-0.15, -0.1) is 5.10 Å². The Morgan fingerprint density at radius 2 is 1.97 bits per heavy atom. The molecule has 2 aromatic rings. The van der Waals surface area contributed by atoms with Crippen LogP contribution in [0.3, 0.4) is 0 Å². The molecule has 30 heavy (non-hydrogen) atoms. The number of thioether (sulfide) groups is 1. The van der Waals surface area contributed by atoms with Gasteiger partial charge in [-0.25, -0.2) is 0 Å². The van der Waals surface area contributed by atoms with Crippen LogP contribution in [0.2, 0.25) is 0 Å². The van der Waals surface area contributed by atoms with Crippen LogP contribution < -0.4 is 15.2 Å². The number of hydrogen-bond donors (Lipinski definition) is 1. The topological polar surface area (TPSA) is 95.5 Å². The fourth-order valence-corrected chi connectivity index (χ4v) is 3.09. The molecule has 2 rings (SSSR count). The molecule has 8 heteroatoms. The van der Waals surface area contributed by atoms with Crippen molar-refractivity contribution in [2.75, 3.05) is 20.3 Å². The Morgan fingerprint density at radius 1 is 1.17 bits per heavy atom. The van der Waals surface area contributed by atoms with E-state index in [0.717, 1.165) is 11.3 Å². The van der Waals surface area contributed by atoms with Crippen molar-refractivity contribution in [3.8, 4) is 11.5 Å². The van der Waals surface area contributed by atoms with Gasteiger partial charge in [-0.2, -0.15) is 5.10 Å². The summed E-state index contributed by atoms with van der Waals surface area (Å²) < 4.78 is 16.1. The molecule has 0 aromatic heterocycles. The molecule has 160 valence electrons. The molecule has 0 unspecified atom stereocenters. The number of amidine groups is 1. The average molecular weight is 430 g/mol. The number of carbonyl (C=O) groups excluding carboxylic acids is 1. The molecular weight excluding hydrogens is 402 g/mol. The monoisotopic (exact) mass is 429 g/mol. The van der Waals surface area contributed by atoms with E-state index in [-0.39, 0.29) is 5.97 Å².